The van der Waals surface area contributed by atoms with Gasteiger partial charge in [-0.3, -0.25) is 4.79 Å². The Bertz CT molecular complexity index is 355. The van der Waals surface area contributed by atoms with E-state index in [4.69, 9.17) is 5.11 Å². The zero-order chi connectivity index (χ0) is 12.9. The third kappa shape index (κ3) is 5.47. The lowest BCUT2D eigenvalue weighted by Crippen LogP contribution is -2.42. The van der Waals surface area contributed by atoms with Crippen LogP contribution in [0.15, 0.2) is 0 Å². The number of piperidine rings is 1. The molecule has 2 N–H and O–H groups in total. The standard InChI is InChI=1S/C10H20N2O4S/c1-17(15,16)12-6-2-3-9(8-12)7-11-5-4-10(13)14/h9,11H,2-8H2,1H3,(H,13,14). The summed E-state index contributed by atoms with van der Waals surface area (Å²) in [6, 6.07) is 0. The normalized spacial score (nSPS) is 22.5. The molecule has 1 atom stereocenters. The summed E-state index contributed by atoms with van der Waals surface area (Å²) in [5.41, 5.74) is 0. The maximum Gasteiger partial charge on any atom is 0.304 e. The number of nitrogens with zero attached hydrogens (tertiary/aromatic N) is 1. The van der Waals surface area contributed by atoms with Crippen molar-refractivity contribution < 1.29 is 18.3 Å². The second kappa shape index (κ2) is 6.32. The molecule has 1 heterocycles. The third-order valence-electron chi connectivity index (χ3n) is 2.90. The van der Waals surface area contributed by atoms with Crippen molar-refractivity contribution in [2.24, 2.45) is 5.92 Å². The number of carboxylic acids is 1. The molecule has 0 aromatic rings. The highest BCUT2D eigenvalue weighted by molar-refractivity contribution is 7.88. The van der Waals surface area contributed by atoms with Crippen molar-refractivity contribution in [1.82, 2.24) is 9.62 Å². The van der Waals surface area contributed by atoms with Crippen LogP contribution in [0.5, 0.6) is 0 Å². The van der Waals surface area contributed by atoms with Crippen LogP contribution in [-0.4, -0.2) is 56.2 Å². The number of aliphatic carboxylic acids is 1. The number of hydrogen-bond acceptors (Lipinski definition) is 4. The van der Waals surface area contributed by atoms with Crippen molar-refractivity contribution in [3.63, 3.8) is 0 Å². The Morgan fingerprint density at radius 1 is 1.53 bits per heavy atom. The van der Waals surface area contributed by atoms with Gasteiger partial charge in [0.2, 0.25) is 10.0 Å². The molecule has 0 aromatic carbocycles. The monoisotopic (exact) mass is 264 g/mol. The van der Waals surface area contributed by atoms with Crippen molar-refractivity contribution in [3.8, 4) is 0 Å². The minimum absolute atomic E-state index is 0.0997. The fraction of sp³-hybridized carbons (Fsp3) is 0.900. The molecule has 1 aliphatic heterocycles. The van der Waals surface area contributed by atoms with E-state index in [1.165, 1.54) is 10.6 Å². The molecule has 1 fully saturated rings. The summed E-state index contributed by atoms with van der Waals surface area (Å²) in [5, 5.41) is 11.5. The largest absolute Gasteiger partial charge is 0.481 e. The van der Waals surface area contributed by atoms with E-state index in [2.05, 4.69) is 5.32 Å². The Kier molecular flexibility index (Phi) is 5.35. The van der Waals surface area contributed by atoms with E-state index >= 15 is 0 Å². The van der Waals surface area contributed by atoms with Crippen LogP contribution in [0.3, 0.4) is 0 Å². The predicted molar refractivity (Wildman–Crippen MR) is 64.3 cm³/mol. The molecular weight excluding hydrogens is 244 g/mol. The van der Waals surface area contributed by atoms with Crippen LogP contribution in [0.2, 0.25) is 0 Å². The molecule has 0 amide bonds. The van der Waals surface area contributed by atoms with E-state index in [0.717, 1.165) is 12.8 Å². The number of carboxylic acid groups (broad SMARTS) is 1. The lowest BCUT2D eigenvalue weighted by molar-refractivity contribution is -0.136. The van der Waals surface area contributed by atoms with Gasteiger partial charge in [-0.1, -0.05) is 0 Å². The van der Waals surface area contributed by atoms with Gasteiger partial charge in [0.1, 0.15) is 0 Å². The first kappa shape index (κ1) is 14.4. The minimum Gasteiger partial charge on any atom is -0.481 e. The Labute approximate surface area is 102 Å². The van der Waals surface area contributed by atoms with Gasteiger partial charge in [-0.05, 0) is 25.3 Å². The molecule has 100 valence electrons. The summed E-state index contributed by atoms with van der Waals surface area (Å²) < 4.78 is 24.3. The molecule has 0 radical (unpaired) electrons. The molecule has 0 spiro atoms. The van der Waals surface area contributed by atoms with Gasteiger partial charge >= 0.3 is 5.97 Å². The van der Waals surface area contributed by atoms with Crippen molar-refractivity contribution in [1.29, 1.82) is 0 Å². The fourth-order valence-electron chi connectivity index (χ4n) is 2.00. The van der Waals surface area contributed by atoms with Crippen molar-refractivity contribution in [2.75, 3.05) is 32.4 Å². The van der Waals surface area contributed by atoms with Crippen LogP contribution in [0, 0.1) is 5.92 Å². The maximum absolute atomic E-state index is 11.4. The molecule has 6 nitrogen and oxygen atoms in total. The van der Waals surface area contributed by atoms with Crippen molar-refractivity contribution >= 4 is 16.0 Å². The van der Waals surface area contributed by atoms with Crippen LogP contribution < -0.4 is 5.32 Å². The molecule has 0 aromatic heterocycles. The molecule has 17 heavy (non-hydrogen) atoms. The quantitative estimate of drug-likeness (QED) is 0.644. The van der Waals surface area contributed by atoms with Crippen LogP contribution in [0.4, 0.5) is 0 Å². The summed E-state index contributed by atoms with van der Waals surface area (Å²) in [7, 11) is -3.09. The van der Waals surface area contributed by atoms with Crippen molar-refractivity contribution in [3.05, 3.63) is 0 Å². The van der Waals surface area contributed by atoms with Gasteiger partial charge in [-0.25, -0.2) is 12.7 Å². The SMILES string of the molecule is CS(=O)(=O)N1CCCC(CNCCC(=O)O)C1. The van der Waals surface area contributed by atoms with Gasteiger partial charge in [-0.2, -0.15) is 0 Å². The van der Waals surface area contributed by atoms with E-state index in [1.807, 2.05) is 0 Å². The Morgan fingerprint density at radius 3 is 2.82 bits per heavy atom. The second-order valence-electron chi connectivity index (χ2n) is 4.48. The van der Waals surface area contributed by atoms with E-state index in [0.29, 0.717) is 26.2 Å². The van der Waals surface area contributed by atoms with Crippen LogP contribution in [0.25, 0.3) is 0 Å². The van der Waals surface area contributed by atoms with Crippen LogP contribution >= 0.6 is 0 Å². The summed E-state index contributed by atoms with van der Waals surface area (Å²) in [6.07, 6.45) is 3.19. The lowest BCUT2D eigenvalue weighted by atomic mass is 10.00. The maximum atomic E-state index is 11.4. The topological polar surface area (TPSA) is 86.7 Å². The first-order valence-electron chi connectivity index (χ1n) is 5.77. The zero-order valence-electron chi connectivity index (χ0n) is 10.1. The molecule has 7 heteroatoms. The van der Waals surface area contributed by atoms with Gasteiger partial charge in [0.05, 0.1) is 12.7 Å². The van der Waals surface area contributed by atoms with Crippen LogP contribution in [-0.2, 0) is 14.8 Å². The molecule has 0 aliphatic carbocycles. The summed E-state index contributed by atoms with van der Waals surface area (Å²) in [4.78, 5) is 10.3. The first-order chi connectivity index (χ1) is 7.89. The van der Waals surface area contributed by atoms with Crippen molar-refractivity contribution in [2.45, 2.75) is 19.3 Å². The van der Waals surface area contributed by atoms with Gasteiger partial charge in [-0.15, -0.1) is 0 Å². The zero-order valence-corrected chi connectivity index (χ0v) is 10.9. The van der Waals surface area contributed by atoms with Gasteiger partial charge < -0.3 is 10.4 Å². The number of rotatable bonds is 6. The molecule has 1 rings (SSSR count). The predicted octanol–water partition coefficient (Wildman–Crippen LogP) is -0.278. The van der Waals surface area contributed by atoms with E-state index in [9.17, 15) is 13.2 Å². The molecule has 1 aliphatic rings. The summed E-state index contributed by atoms with van der Waals surface area (Å²) >= 11 is 0. The van der Waals surface area contributed by atoms with Gasteiger partial charge in [0, 0.05) is 19.6 Å². The number of nitrogens with one attached hydrogen (secondary N) is 1. The number of carbonyl (C=O) groups is 1. The smallest absolute Gasteiger partial charge is 0.304 e. The highest BCUT2D eigenvalue weighted by atomic mass is 32.2. The third-order valence-corrected chi connectivity index (χ3v) is 4.17. The Morgan fingerprint density at radius 2 is 2.24 bits per heavy atom. The molecule has 1 unspecified atom stereocenters. The highest BCUT2D eigenvalue weighted by Gasteiger charge is 2.25. The first-order valence-corrected chi connectivity index (χ1v) is 7.62. The summed E-state index contributed by atoms with van der Waals surface area (Å²) in [6.45, 7) is 2.26. The number of sulfonamides is 1. The lowest BCUT2D eigenvalue weighted by Gasteiger charge is -2.31. The highest BCUT2D eigenvalue weighted by Crippen LogP contribution is 2.17. The summed E-state index contributed by atoms with van der Waals surface area (Å²) in [5.74, 6) is -0.536. The molecular formula is C10H20N2O4S. The fourth-order valence-corrected chi connectivity index (χ4v) is 2.94. The number of hydrogen-bond donors (Lipinski definition) is 2. The minimum atomic E-state index is -3.09. The average Bonchev–Trinajstić information content (AvgIpc) is 2.23. The second-order valence-corrected chi connectivity index (χ2v) is 6.46. The molecule has 0 saturated carbocycles. The molecule has 1 saturated heterocycles. The Balaban J connectivity index is 2.28. The van der Waals surface area contributed by atoms with Crippen LogP contribution in [0.1, 0.15) is 19.3 Å². The molecule has 0 bridgehead atoms. The van der Waals surface area contributed by atoms with E-state index in [-0.39, 0.29) is 12.3 Å². The van der Waals surface area contributed by atoms with Gasteiger partial charge in [0.25, 0.3) is 0 Å². The van der Waals surface area contributed by atoms with E-state index < -0.39 is 16.0 Å². The van der Waals surface area contributed by atoms with E-state index in [1.54, 1.807) is 0 Å². The van der Waals surface area contributed by atoms with Gasteiger partial charge in [0.15, 0.2) is 0 Å². The Hall–Kier alpha value is -0.660. The average molecular weight is 264 g/mol.